The second-order valence-electron chi connectivity index (χ2n) is 4.55. The Bertz CT molecular complexity index is 611. The number of hydrogen-bond acceptors (Lipinski definition) is 3. The summed E-state index contributed by atoms with van der Waals surface area (Å²) < 4.78 is 13.1. The molecule has 1 aromatic carbocycles. The third kappa shape index (κ3) is 1.98. The van der Waals surface area contributed by atoms with Gasteiger partial charge in [0.25, 0.3) is 0 Å². The van der Waals surface area contributed by atoms with Crippen molar-refractivity contribution in [2.75, 3.05) is 0 Å². The Morgan fingerprint density at radius 1 is 1.28 bits per heavy atom. The zero-order chi connectivity index (χ0) is 12.8. The zero-order valence-corrected chi connectivity index (χ0v) is 10.3. The Labute approximate surface area is 109 Å². The molecule has 5 heteroatoms. The highest BCUT2D eigenvalue weighted by Crippen LogP contribution is 2.41. The van der Waals surface area contributed by atoms with Gasteiger partial charge in [0.2, 0.25) is 0 Å². The lowest BCUT2D eigenvalue weighted by Crippen LogP contribution is -2.22. The summed E-state index contributed by atoms with van der Waals surface area (Å²) in [6, 6.07) is 6.29. The van der Waals surface area contributed by atoms with Crippen molar-refractivity contribution < 1.29 is 4.39 Å². The van der Waals surface area contributed by atoms with Crippen LogP contribution in [-0.2, 0) is 5.54 Å². The first kappa shape index (κ1) is 11.6. The molecule has 92 valence electrons. The van der Waals surface area contributed by atoms with Crippen molar-refractivity contribution in [3.63, 3.8) is 0 Å². The van der Waals surface area contributed by atoms with Crippen LogP contribution in [0.4, 0.5) is 4.39 Å². The van der Waals surface area contributed by atoms with Gasteiger partial charge in [0.1, 0.15) is 11.6 Å². The van der Waals surface area contributed by atoms with E-state index < -0.39 is 5.82 Å². The van der Waals surface area contributed by atoms with E-state index in [9.17, 15) is 4.39 Å². The number of halogens is 2. The van der Waals surface area contributed by atoms with Crippen molar-refractivity contribution in [1.29, 1.82) is 0 Å². The Morgan fingerprint density at radius 2 is 2.06 bits per heavy atom. The lowest BCUT2D eigenvalue weighted by Gasteiger charge is -2.09. The average molecular weight is 264 g/mol. The first-order valence-corrected chi connectivity index (χ1v) is 6.04. The molecular formula is C13H11ClFN3. The van der Waals surface area contributed by atoms with Crippen LogP contribution in [0.1, 0.15) is 18.7 Å². The minimum atomic E-state index is -0.438. The molecule has 1 aliphatic carbocycles. The van der Waals surface area contributed by atoms with Gasteiger partial charge in [0, 0.05) is 11.8 Å². The third-order valence-electron chi connectivity index (χ3n) is 3.10. The van der Waals surface area contributed by atoms with E-state index in [2.05, 4.69) is 9.97 Å². The molecule has 3 nitrogen and oxygen atoms in total. The highest BCUT2D eigenvalue weighted by atomic mass is 35.5. The van der Waals surface area contributed by atoms with Gasteiger partial charge in [0.05, 0.1) is 16.3 Å². The highest BCUT2D eigenvalue weighted by Gasteiger charge is 2.43. The molecule has 1 fully saturated rings. The maximum absolute atomic E-state index is 13.1. The molecule has 1 saturated carbocycles. The van der Waals surface area contributed by atoms with Crippen LogP contribution in [0.25, 0.3) is 11.3 Å². The molecule has 0 spiro atoms. The number of aromatic nitrogens is 2. The third-order valence-corrected chi connectivity index (χ3v) is 3.39. The molecule has 1 aliphatic rings. The molecule has 0 aliphatic heterocycles. The normalized spacial score (nSPS) is 16.6. The van der Waals surface area contributed by atoms with Crippen LogP contribution in [0.2, 0.25) is 5.02 Å². The molecule has 0 amide bonds. The molecule has 1 heterocycles. The Morgan fingerprint density at radius 3 is 2.72 bits per heavy atom. The van der Waals surface area contributed by atoms with Crippen molar-refractivity contribution in [3.05, 3.63) is 47.1 Å². The van der Waals surface area contributed by atoms with Crippen LogP contribution in [0.15, 0.2) is 30.5 Å². The second kappa shape index (κ2) is 4.00. The van der Waals surface area contributed by atoms with Gasteiger partial charge < -0.3 is 5.73 Å². The van der Waals surface area contributed by atoms with Crippen LogP contribution in [0, 0.1) is 5.82 Å². The number of benzene rings is 1. The van der Waals surface area contributed by atoms with Gasteiger partial charge in [-0.15, -0.1) is 0 Å². The van der Waals surface area contributed by atoms with Crippen LogP contribution >= 0.6 is 11.6 Å². The van der Waals surface area contributed by atoms with Crippen molar-refractivity contribution in [2.24, 2.45) is 5.73 Å². The molecule has 0 atom stereocenters. The Hall–Kier alpha value is -1.52. The summed E-state index contributed by atoms with van der Waals surface area (Å²) in [5.74, 6) is 0.202. The molecule has 3 rings (SSSR count). The van der Waals surface area contributed by atoms with Gasteiger partial charge >= 0.3 is 0 Å². The van der Waals surface area contributed by atoms with Crippen molar-refractivity contribution in [1.82, 2.24) is 9.97 Å². The number of nitrogens with two attached hydrogens (primary N) is 1. The number of hydrogen-bond donors (Lipinski definition) is 1. The fourth-order valence-corrected chi connectivity index (χ4v) is 1.95. The van der Waals surface area contributed by atoms with Crippen molar-refractivity contribution in [2.45, 2.75) is 18.4 Å². The predicted octanol–water partition coefficient (Wildman–Crippen LogP) is 2.88. The number of rotatable bonds is 2. The van der Waals surface area contributed by atoms with Gasteiger partial charge in [-0.05, 0) is 37.1 Å². The first-order valence-electron chi connectivity index (χ1n) is 5.66. The summed E-state index contributed by atoms with van der Waals surface area (Å²) in [6.45, 7) is 0. The lowest BCUT2D eigenvalue weighted by molar-refractivity contribution is 0.628. The van der Waals surface area contributed by atoms with Gasteiger partial charge in [-0.3, -0.25) is 0 Å². The topological polar surface area (TPSA) is 51.8 Å². The van der Waals surface area contributed by atoms with E-state index in [0.29, 0.717) is 11.5 Å². The highest BCUT2D eigenvalue weighted by molar-refractivity contribution is 6.31. The molecule has 0 bridgehead atoms. The Kier molecular flexibility index (Phi) is 2.57. The molecule has 2 N–H and O–H groups in total. The van der Waals surface area contributed by atoms with Crippen LogP contribution < -0.4 is 5.73 Å². The van der Waals surface area contributed by atoms with E-state index in [-0.39, 0.29) is 10.6 Å². The fraction of sp³-hybridized carbons (Fsp3) is 0.231. The van der Waals surface area contributed by atoms with Crippen molar-refractivity contribution in [3.8, 4) is 11.3 Å². The minimum absolute atomic E-state index is 0.0848. The van der Waals surface area contributed by atoms with Gasteiger partial charge in [-0.25, -0.2) is 14.4 Å². The van der Waals surface area contributed by atoms with Gasteiger partial charge in [-0.2, -0.15) is 0 Å². The molecule has 0 unspecified atom stereocenters. The molecule has 0 saturated heterocycles. The average Bonchev–Trinajstić information content (AvgIpc) is 3.12. The maximum atomic E-state index is 13.1. The Balaban J connectivity index is 2.03. The van der Waals surface area contributed by atoms with Crippen LogP contribution in [-0.4, -0.2) is 9.97 Å². The standard InChI is InChI=1S/C13H11ClFN3/c14-9-7-8(1-2-10(9)15)11-3-6-17-12(18-11)13(16)4-5-13/h1-3,6-7H,4-5,16H2. The van der Waals surface area contributed by atoms with Crippen LogP contribution in [0.5, 0.6) is 0 Å². The lowest BCUT2D eigenvalue weighted by atomic mass is 10.1. The van der Waals surface area contributed by atoms with Crippen molar-refractivity contribution >= 4 is 11.6 Å². The monoisotopic (exact) mass is 263 g/mol. The largest absolute Gasteiger partial charge is 0.319 e. The maximum Gasteiger partial charge on any atom is 0.148 e. The minimum Gasteiger partial charge on any atom is -0.319 e. The molecule has 18 heavy (non-hydrogen) atoms. The van der Waals surface area contributed by atoms with Crippen LogP contribution in [0.3, 0.4) is 0 Å². The van der Waals surface area contributed by atoms with E-state index in [1.54, 1.807) is 24.4 Å². The smallest absolute Gasteiger partial charge is 0.148 e. The summed E-state index contributed by atoms with van der Waals surface area (Å²) in [5, 5.41) is 0.0848. The molecule has 1 aromatic heterocycles. The first-order chi connectivity index (χ1) is 8.58. The second-order valence-corrected chi connectivity index (χ2v) is 4.96. The SMILES string of the molecule is NC1(c2nccc(-c3ccc(F)c(Cl)c3)n2)CC1. The summed E-state index contributed by atoms with van der Waals surface area (Å²) in [7, 11) is 0. The summed E-state index contributed by atoms with van der Waals surface area (Å²) >= 11 is 5.76. The van der Waals surface area contributed by atoms with Gasteiger partial charge in [-0.1, -0.05) is 11.6 Å². The molecule has 2 aromatic rings. The quantitative estimate of drug-likeness (QED) is 0.906. The van der Waals surface area contributed by atoms with E-state index in [4.69, 9.17) is 17.3 Å². The van der Waals surface area contributed by atoms with E-state index in [1.165, 1.54) is 6.07 Å². The van der Waals surface area contributed by atoms with E-state index in [0.717, 1.165) is 18.4 Å². The predicted molar refractivity (Wildman–Crippen MR) is 67.5 cm³/mol. The molecule has 0 radical (unpaired) electrons. The summed E-state index contributed by atoms with van der Waals surface area (Å²) in [6.07, 6.45) is 3.48. The number of nitrogens with zero attached hydrogens (tertiary/aromatic N) is 2. The zero-order valence-electron chi connectivity index (χ0n) is 9.53. The van der Waals surface area contributed by atoms with Gasteiger partial charge in [0.15, 0.2) is 0 Å². The molecular weight excluding hydrogens is 253 g/mol. The van der Waals surface area contributed by atoms with E-state index >= 15 is 0 Å². The summed E-state index contributed by atoms with van der Waals surface area (Å²) in [4.78, 5) is 8.63. The van der Waals surface area contributed by atoms with E-state index in [1.807, 2.05) is 0 Å². The summed E-state index contributed by atoms with van der Waals surface area (Å²) in [5.41, 5.74) is 7.15. The fourth-order valence-electron chi connectivity index (χ4n) is 1.77.